The normalized spacial score (nSPS) is 16.9. The van der Waals surface area contributed by atoms with Gasteiger partial charge in [-0.25, -0.2) is 4.63 Å². The fourth-order valence-electron chi connectivity index (χ4n) is 2.93. The quantitative estimate of drug-likeness (QED) is 0.849. The van der Waals surface area contributed by atoms with Crippen LogP contribution in [0.3, 0.4) is 0 Å². The Morgan fingerprint density at radius 2 is 2.20 bits per heavy atom. The van der Waals surface area contributed by atoms with E-state index in [2.05, 4.69) is 30.2 Å². The summed E-state index contributed by atoms with van der Waals surface area (Å²) in [4.78, 5) is 34.3. The molecule has 1 aliphatic rings. The largest absolute Gasteiger partial charge is 0.350 e. The van der Waals surface area contributed by atoms with Gasteiger partial charge in [0.1, 0.15) is 11.4 Å². The Hall–Kier alpha value is -2.84. The van der Waals surface area contributed by atoms with Crippen LogP contribution in [-0.4, -0.2) is 43.5 Å². The van der Waals surface area contributed by atoms with E-state index < -0.39 is 0 Å². The number of nitrogens with one attached hydrogen (secondary N) is 1. The van der Waals surface area contributed by atoms with Crippen molar-refractivity contribution >= 4 is 11.8 Å². The molecule has 0 radical (unpaired) electrons. The fraction of sp³-hybridized carbons (Fsp3) is 0.500. The highest BCUT2D eigenvalue weighted by molar-refractivity contribution is 5.78. The molecular weight excluding hydrogens is 324 g/mol. The van der Waals surface area contributed by atoms with Gasteiger partial charge in [-0.1, -0.05) is 10.3 Å². The number of hydrogen-bond donors (Lipinski definition) is 1. The molecule has 1 fully saturated rings. The van der Waals surface area contributed by atoms with Gasteiger partial charge in [0.25, 0.3) is 0 Å². The van der Waals surface area contributed by atoms with Crippen molar-refractivity contribution in [2.75, 3.05) is 6.54 Å². The van der Waals surface area contributed by atoms with Crippen LogP contribution in [0.5, 0.6) is 0 Å². The molecule has 0 aromatic carbocycles. The van der Waals surface area contributed by atoms with Crippen LogP contribution in [0.1, 0.15) is 48.6 Å². The van der Waals surface area contributed by atoms with Crippen LogP contribution in [0.25, 0.3) is 0 Å². The van der Waals surface area contributed by atoms with Gasteiger partial charge in [-0.2, -0.15) is 0 Å². The maximum absolute atomic E-state index is 12.0. The lowest BCUT2D eigenvalue weighted by molar-refractivity contribution is -0.129. The smallest absolute Gasteiger partial charge is 0.226 e. The first-order chi connectivity index (χ1) is 12.0. The first-order valence-electron chi connectivity index (χ1n) is 8.17. The summed E-state index contributed by atoms with van der Waals surface area (Å²) in [5.41, 5.74) is 2.52. The minimum atomic E-state index is -0.197. The Kier molecular flexibility index (Phi) is 5.01. The number of amides is 2. The highest BCUT2D eigenvalue weighted by Gasteiger charge is 2.29. The molecule has 1 aliphatic heterocycles. The summed E-state index contributed by atoms with van der Waals surface area (Å²) >= 11 is 0. The summed E-state index contributed by atoms with van der Waals surface area (Å²) in [7, 11) is 0. The lowest BCUT2D eigenvalue weighted by Crippen LogP contribution is -2.29. The van der Waals surface area contributed by atoms with Crippen LogP contribution in [0.15, 0.2) is 17.0 Å². The molecule has 0 spiro atoms. The number of nitrogens with zero attached hydrogens (tertiary/aromatic N) is 5. The molecule has 3 heterocycles. The van der Waals surface area contributed by atoms with E-state index in [0.29, 0.717) is 17.1 Å². The third-order valence-electron chi connectivity index (χ3n) is 4.24. The van der Waals surface area contributed by atoms with Crippen molar-refractivity contribution in [3.05, 3.63) is 35.2 Å². The summed E-state index contributed by atoms with van der Waals surface area (Å²) < 4.78 is 4.58. The van der Waals surface area contributed by atoms with Gasteiger partial charge in [0.05, 0.1) is 42.8 Å². The third kappa shape index (κ3) is 3.98. The second-order valence-electron chi connectivity index (χ2n) is 6.06. The van der Waals surface area contributed by atoms with Crippen molar-refractivity contribution in [3.63, 3.8) is 0 Å². The Labute approximate surface area is 144 Å². The zero-order valence-corrected chi connectivity index (χ0v) is 14.2. The van der Waals surface area contributed by atoms with Crippen LogP contribution in [0.4, 0.5) is 0 Å². The van der Waals surface area contributed by atoms with Gasteiger partial charge in [0.15, 0.2) is 0 Å². The lowest BCUT2D eigenvalue weighted by Gasteiger charge is -2.22. The topological polar surface area (TPSA) is 114 Å². The number of carbonyl (C=O) groups is 2. The van der Waals surface area contributed by atoms with E-state index in [9.17, 15) is 9.59 Å². The maximum Gasteiger partial charge on any atom is 0.226 e. The van der Waals surface area contributed by atoms with Crippen LogP contribution in [-0.2, 0) is 22.6 Å². The first-order valence-corrected chi connectivity index (χ1v) is 8.17. The molecule has 3 rings (SSSR count). The monoisotopic (exact) mass is 344 g/mol. The Balaban J connectivity index is 1.61. The number of rotatable bonds is 5. The van der Waals surface area contributed by atoms with Crippen LogP contribution >= 0.6 is 0 Å². The number of aryl methyl sites for hydroxylation is 1. The molecule has 0 bridgehead atoms. The molecule has 1 unspecified atom stereocenters. The van der Waals surface area contributed by atoms with Crippen molar-refractivity contribution in [1.29, 1.82) is 0 Å². The van der Waals surface area contributed by atoms with Gasteiger partial charge >= 0.3 is 0 Å². The molecule has 9 heteroatoms. The highest BCUT2D eigenvalue weighted by atomic mass is 16.6. The number of aromatic nitrogens is 4. The molecule has 2 aromatic heterocycles. The third-order valence-corrected chi connectivity index (χ3v) is 4.24. The summed E-state index contributed by atoms with van der Waals surface area (Å²) in [6.07, 6.45) is 5.23. The van der Waals surface area contributed by atoms with Crippen molar-refractivity contribution in [2.24, 2.45) is 0 Å². The molecule has 0 aliphatic carbocycles. The maximum atomic E-state index is 12.0. The second kappa shape index (κ2) is 7.37. The molecule has 1 saturated heterocycles. The average molecular weight is 344 g/mol. The van der Waals surface area contributed by atoms with E-state index >= 15 is 0 Å². The molecular formula is C16H20N6O3. The fourth-order valence-corrected chi connectivity index (χ4v) is 2.93. The summed E-state index contributed by atoms with van der Waals surface area (Å²) in [6, 6.07) is -0.0375. The SMILES string of the molecule is CC(=O)N1CCCC1c1cncc(CNC(=O)Cc2nonc2C)n1. The summed E-state index contributed by atoms with van der Waals surface area (Å²) in [5.74, 6) is -0.156. The zero-order valence-electron chi connectivity index (χ0n) is 14.2. The molecule has 132 valence electrons. The van der Waals surface area contributed by atoms with Gasteiger partial charge in [-0.3, -0.25) is 19.6 Å². The van der Waals surface area contributed by atoms with E-state index in [4.69, 9.17) is 0 Å². The van der Waals surface area contributed by atoms with E-state index in [1.54, 1.807) is 26.2 Å². The number of carbonyl (C=O) groups excluding carboxylic acids is 2. The summed E-state index contributed by atoms with van der Waals surface area (Å²) in [6.45, 7) is 4.30. The van der Waals surface area contributed by atoms with Gasteiger partial charge in [-0.05, 0) is 19.8 Å². The van der Waals surface area contributed by atoms with Crippen molar-refractivity contribution in [3.8, 4) is 0 Å². The predicted molar refractivity (Wildman–Crippen MR) is 86.0 cm³/mol. The highest BCUT2D eigenvalue weighted by Crippen LogP contribution is 2.30. The van der Waals surface area contributed by atoms with E-state index in [0.717, 1.165) is 25.1 Å². The summed E-state index contributed by atoms with van der Waals surface area (Å²) in [5, 5.41) is 10.1. The van der Waals surface area contributed by atoms with Crippen molar-refractivity contribution in [1.82, 2.24) is 30.5 Å². The minimum Gasteiger partial charge on any atom is -0.350 e. The average Bonchev–Trinajstić information content (AvgIpc) is 3.23. The first kappa shape index (κ1) is 17.0. The van der Waals surface area contributed by atoms with Crippen LogP contribution < -0.4 is 5.32 Å². The number of likely N-dealkylation sites (tertiary alicyclic amines) is 1. The van der Waals surface area contributed by atoms with Crippen LogP contribution in [0.2, 0.25) is 0 Å². The van der Waals surface area contributed by atoms with Gasteiger partial charge in [-0.15, -0.1) is 0 Å². The second-order valence-corrected chi connectivity index (χ2v) is 6.06. The Bertz CT molecular complexity index is 775. The molecule has 2 aromatic rings. The molecule has 1 atom stereocenters. The molecule has 25 heavy (non-hydrogen) atoms. The van der Waals surface area contributed by atoms with Crippen molar-refractivity contribution < 1.29 is 14.2 Å². The lowest BCUT2D eigenvalue weighted by atomic mass is 10.1. The van der Waals surface area contributed by atoms with E-state index in [1.165, 1.54) is 0 Å². The van der Waals surface area contributed by atoms with Gasteiger partial charge in [0.2, 0.25) is 11.8 Å². The van der Waals surface area contributed by atoms with Crippen molar-refractivity contribution in [2.45, 2.75) is 45.7 Å². The number of hydrogen-bond acceptors (Lipinski definition) is 7. The molecule has 0 saturated carbocycles. The molecule has 1 N–H and O–H groups in total. The Morgan fingerprint density at radius 3 is 2.92 bits per heavy atom. The Morgan fingerprint density at radius 1 is 1.36 bits per heavy atom. The predicted octanol–water partition coefficient (Wildman–Crippen LogP) is 0.710. The minimum absolute atomic E-state index is 0.0375. The van der Waals surface area contributed by atoms with Gasteiger partial charge < -0.3 is 10.2 Å². The zero-order chi connectivity index (χ0) is 17.8. The van der Waals surface area contributed by atoms with Gasteiger partial charge in [0, 0.05) is 13.5 Å². The molecule has 2 amide bonds. The van der Waals surface area contributed by atoms with E-state index in [1.807, 2.05) is 4.90 Å². The standard InChI is InChI=1S/C16H20N6O3/c1-10-13(21-25-20-10)6-16(24)18-8-12-7-17-9-14(19-12)15-4-3-5-22(15)11(2)23/h7,9,15H,3-6,8H2,1-2H3,(H,18,24). The molecule has 9 nitrogen and oxygen atoms in total. The van der Waals surface area contributed by atoms with Crippen LogP contribution in [0, 0.1) is 6.92 Å². The van der Waals surface area contributed by atoms with E-state index in [-0.39, 0.29) is 30.8 Å².